The Bertz CT molecular complexity index is 70.5. The third-order valence-electron chi connectivity index (χ3n) is 2.41. The van der Waals surface area contributed by atoms with Crippen LogP contribution in [-0.2, 0) is 0 Å². The molecule has 2 rings (SSSR count). The van der Waals surface area contributed by atoms with Crippen molar-refractivity contribution in [3.63, 3.8) is 0 Å². The molecule has 112 valence electrons. The summed E-state index contributed by atoms with van der Waals surface area (Å²) in [5.74, 6) is 0. The molecule has 5 nitrogen and oxygen atoms in total. The van der Waals surface area contributed by atoms with Crippen molar-refractivity contribution in [2.45, 2.75) is 38.5 Å². The quantitative estimate of drug-likeness (QED) is 0.648. The van der Waals surface area contributed by atoms with E-state index in [0.717, 1.165) is 0 Å². The van der Waals surface area contributed by atoms with E-state index in [1.165, 1.54) is 64.7 Å². The molecule has 2 aliphatic heterocycles. The molecule has 0 unspecified atom stereocenters. The first-order valence-corrected chi connectivity index (χ1v) is 5.41. The molecule has 0 aromatic carbocycles. The second kappa shape index (κ2) is 25.3. The molecule has 8 N–H and O–H groups in total. The normalized spacial score (nSPS) is 16.9. The monoisotopic (exact) mass is 296 g/mol. The highest BCUT2D eigenvalue weighted by Crippen LogP contribution is 1.97. The molecule has 0 aromatic rings. The number of piperidine rings is 2. The lowest BCUT2D eigenvalue weighted by Crippen LogP contribution is -2.21. The molecular formula is C10H30Cl2N2O3. The van der Waals surface area contributed by atoms with Gasteiger partial charge in [-0.3, -0.25) is 0 Å². The first kappa shape index (κ1) is 30.4. The third kappa shape index (κ3) is 22.1. The number of hydrogen-bond acceptors (Lipinski definition) is 2. The summed E-state index contributed by atoms with van der Waals surface area (Å²) < 4.78 is 0. The van der Waals surface area contributed by atoms with E-state index in [9.17, 15) is 0 Å². The fraction of sp³-hybridized carbons (Fsp3) is 1.00. The second-order valence-corrected chi connectivity index (χ2v) is 3.62. The summed E-state index contributed by atoms with van der Waals surface area (Å²) in [5.41, 5.74) is 0. The zero-order valence-electron chi connectivity index (χ0n) is 10.4. The molecule has 2 saturated heterocycles. The van der Waals surface area contributed by atoms with Crippen molar-refractivity contribution in [2.24, 2.45) is 0 Å². The van der Waals surface area contributed by atoms with E-state index in [1.807, 2.05) is 0 Å². The van der Waals surface area contributed by atoms with Crippen LogP contribution in [0.25, 0.3) is 0 Å². The highest BCUT2D eigenvalue weighted by Gasteiger charge is 1.94. The SMILES string of the molecule is C1CCNCC1.C1CCNCC1.Cl.Cl.O.O.O. The van der Waals surface area contributed by atoms with Crippen molar-refractivity contribution in [1.82, 2.24) is 10.6 Å². The van der Waals surface area contributed by atoms with Gasteiger partial charge in [-0.1, -0.05) is 12.8 Å². The molecule has 17 heavy (non-hydrogen) atoms. The average molecular weight is 297 g/mol. The topological polar surface area (TPSA) is 119 Å². The molecule has 2 aliphatic rings. The predicted molar refractivity (Wildman–Crippen MR) is 78.8 cm³/mol. The molecule has 0 radical (unpaired) electrons. The van der Waals surface area contributed by atoms with Crippen LogP contribution < -0.4 is 10.6 Å². The number of hydrogen-bond donors (Lipinski definition) is 2. The summed E-state index contributed by atoms with van der Waals surface area (Å²) in [7, 11) is 0. The zero-order chi connectivity index (χ0) is 8.49. The van der Waals surface area contributed by atoms with Gasteiger partial charge in [-0.15, -0.1) is 24.8 Å². The summed E-state index contributed by atoms with van der Waals surface area (Å²) in [6.07, 6.45) is 8.43. The van der Waals surface area contributed by atoms with Crippen LogP contribution in [0.2, 0.25) is 0 Å². The Morgan fingerprint density at radius 1 is 0.412 bits per heavy atom. The zero-order valence-corrected chi connectivity index (χ0v) is 12.0. The number of halogens is 2. The molecule has 7 heteroatoms. The average Bonchev–Trinajstić information content (AvgIpc) is 2.24. The highest BCUT2D eigenvalue weighted by atomic mass is 35.5. The van der Waals surface area contributed by atoms with Gasteiger partial charge in [0.05, 0.1) is 0 Å². The second-order valence-electron chi connectivity index (χ2n) is 3.62. The van der Waals surface area contributed by atoms with Gasteiger partial charge in [0.15, 0.2) is 0 Å². The number of rotatable bonds is 0. The summed E-state index contributed by atoms with van der Waals surface area (Å²) in [5, 5.41) is 6.57. The summed E-state index contributed by atoms with van der Waals surface area (Å²) in [4.78, 5) is 0. The minimum atomic E-state index is 0. The van der Waals surface area contributed by atoms with Crippen molar-refractivity contribution in [1.29, 1.82) is 0 Å². The van der Waals surface area contributed by atoms with Gasteiger partial charge in [0.1, 0.15) is 0 Å². The van der Waals surface area contributed by atoms with Gasteiger partial charge in [0.2, 0.25) is 0 Å². The van der Waals surface area contributed by atoms with E-state index in [2.05, 4.69) is 10.6 Å². The van der Waals surface area contributed by atoms with Crippen LogP contribution in [-0.4, -0.2) is 42.6 Å². The lowest BCUT2D eigenvalue weighted by atomic mass is 10.2. The van der Waals surface area contributed by atoms with Gasteiger partial charge in [-0.25, -0.2) is 0 Å². The van der Waals surface area contributed by atoms with Crippen LogP contribution in [0.4, 0.5) is 0 Å². The largest absolute Gasteiger partial charge is 0.412 e. The Morgan fingerprint density at radius 3 is 0.706 bits per heavy atom. The van der Waals surface area contributed by atoms with Crippen LogP contribution in [0.3, 0.4) is 0 Å². The van der Waals surface area contributed by atoms with Crippen LogP contribution in [0.1, 0.15) is 38.5 Å². The maximum Gasteiger partial charge on any atom is -0.00489 e. The van der Waals surface area contributed by atoms with E-state index in [-0.39, 0.29) is 41.2 Å². The maximum atomic E-state index is 3.28. The lowest BCUT2D eigenvalue weighted by Gasteiger charge is -2.08. The van der Waals surface area contributed by atoms with E-state index in [4.69, 9.17) is 0 Å². The summed E-state index contributed by atoms with van der Waals surface area (Å²) in [6, 6.07) is 0. The van der Waals surface area contributed by atoms with Crippen molar-refractivity contribution < 1.29 is 16.4 Å². The van der Waals surface area contributed by atoms with Gasteiger partial charge in [-0.2, -0.15) is 0 Å². The van der Waals surface area contributed by atoms with Crippen LogP contribution in [0.5, 0.6) is 0 Å². The van der Waals surface area contributed by atoms with Gasteiger partial charge in [-0.05, 0) is 51.9 Å². The summed E-state index contributed by atoms with van der Waals surface area (Å²) in [6.45, 7) is 5.00. The maximum absolute atomic E-state index is 3.28. The molecule has 2 fully saturated rings. The molecule has 0 atom stereocenters. The van der Waals surface area contributed by atoms with Gasteiger partial charge in [0, 0.05) is 0 Å². The van der Waals surface area contributed by atoms with E-state index in [1.54, 1.807) is 0 Å². The summed E-state index contributed by atoms with van der Waals surface area (Å²) >= 11 is 0. The Balaban J connectivity index is -0.0000000436. The highest BCUT2D eigenvalue weighted by molar-refractivity contribution is 5.85. The number of nitrogens with one attached hydrogen (secondary N) is 2. The predicted octanol–water partition coefficient (Wildman–Crippen LogP) is -0.111. The van der Waals surface area contributed by atoms with Crippen molar-refractivity contribution >= 4 is 24.8 Å². The van der Waals surface area contributed by atoms with Crippen molar-refractivity contribution in [3.8, 4) is 0 Å². The lowest BCUT2D eigenvalue weighted by molar-refractivity contribution is 0.520. The van der Waals surface area contributed by atoms with Gasteiger partial charge in [0.25, 0.3) is 0 Å². The van der Waals surface area contributed by atoms with E-state index in [0.29, 0.717) is 0 Å². The fourth-order valence-electron chi connectivity index (χ4n) is 1.60. The van der Waals surface area contributed by atoms with Crippen LogP contribution in [0.15, 0.2) is 0 Å². The molecule has 0 spiro atoms. The molecule has 0 aromatic heterocycles. The Hall–Kier alpha value is 0.380. The van der Waals surface area contributed by atoms with E-state index < -0.39 is 0 Å². The minimum Gasteiger partial charge on any atom is -0.412 e. The van der Waals surface area contributed by atoms with Crippen molar-refractivity contribution in [3.05, 3.63) is 0 Å². The first-order valence-electron chi connectivity index (χ1n) is 5.41. The first-order chi connectivity index (χ1) is 6.00. The van der Waals surface area contributed by atoms with Gasteiger partial charge < -0.3 is 27.1 Å². The molecule has 0 amide bonds. The molecule has 2 heterocycles. The van der Waals surface area contributed by atoms with Crippen LogP contribution in [0, 0.1) is 0 Å². The standard InChI is InChI=1S/2C5H11N.2ClH.3H2O/c2*1-2-4-6-5-3-1;;;;;/h2*6H,1-5H2;2*1H;3*1H2. The molecule has 0 aliphatic carbocycles. The van der Waals surface area contributed by atoms with Crippen molar-refractivity contribution in [2.75, 3.05) is 26.2 Å². The van der Waals surface area contributed by atoms with E-state index >= 15 is 0 Å². The Kier molecular flexibility index (Phi) is 45.2. The Morgan fingerprint density at radius 2 is 0.647 bits per heavy atom. The molecule has 0 saturated carbocycles. The minimum absolute atomic E-state index is 0. The smallest absolute Gasteiger partial charge is 0.00489 e. The third-order valence-corrected chi connectivity index (χ3v) is 2.41. The Labute approximate surface area is 117 Å². The molecular weight excluding hydrogens is 267 g/mol. The fourth-order valence-corrected chi connectivity index (χ4v) is 1.60. The van der Waals surface area contributed by atoms with Crippen LogP contribution >= 0.6 is 24.8 Å². The molecule has 0 bridgehead atoms. The van der Waals surface area contributed by atoms with Gasteiger partial charge >= 0.3 is 0 Å².